The summed E-state index contributed by atoms with van der Waals surface area (Å²) in [6.07, 6.45) is 2.34. The van der Waals surface area contributed by atoms with Crippen molar-refractivity contribution < 1.29 is 4.79 Å². The lowest BCUT2D eigenvalue weighted by Gasteiger charge is -2.49. The van der Waals surface area contributed by atoms with Gasteiger partial charge in [-0.15, -0.1) is 0 Å². The first-order chi connectivity index (χ1) is 12.6. The second kappa shape index (κ2) is 6.62. The lowest BCUT2D eigenvalue weighted by Crippen LogP contribution is -2.62. The third kappa shape index (κ3) is 2.71. The van der Waals surface area contributed by atoms with Gasteiger partial charge in [0.05, 0.1) is 11.6 Å². The van der Waals surface area contributed by atoms with Gasteiger partial charge in [-0.1, -0.05) is 18.2 Å². The van der Waals surface area contributed by atoms with Crippen molar-refractivity contribution in [1.82, 2.24) is 14.8 Å². The minimum absolute atomic E-state index is 0.0289. The monoisotopic (exact) mass is 348 g/mol. The SMILES string of the molecule is C[C@H]1[C@H](NC(=O)c2ccc(-c3ccccc3C#N)n2C)C2CCN1CC2. The summed E-state index contributed by atoms with van der Waals surface area (Å²) in [5.41, 5.74) is 2.99. The van der Waals surface area contributed by atoms with Crippen LogP contribution in [0.15, 0.2) is 36.4 Å². The molecule has 1 N–H and O–H groups in total. The smallest absolute Gasteiger partial charge is 0.268 e. The number of hydrogen-bond donors (Lipinski definition) is 1. The Hall–Kier alpha value is -2.58. The number of carbonyl (C=O) groups is 1. The molecule has 0 spiro atoms. The zero-order valence-electron chi connectivity index (χ0n) is 15.3. The van der Waals surface area contributed by atoms with E-state index in [9.17, 15) is 10.1 Å². The number of nitrogens with zero attached hydrogens (tertiary/aromatic N) is 3. The van der Waals surface area contributed by atoms with E-state index in [0.717, 1.165) is 24.3 Å². The molecule has 5 nitrogen and oxygen atoms in total. The first kappa shape index (κ1) is 16.9. The quantitative estimate of drug-likeness (QED) is 0.928. The number of fused-ring (bicyclic) bond motifs is 3. The highest BCUT2D eigenvalue weighted by Crippen LogP contribution is 2.32. The summed E-state index contributed by atoms with van der Waals surface area (Å²) in [5.74, 6) is 0.553. The van der Waals surface area contributed by atoms with Crippen LogP contribution in [0.3, 0.4) is 0 Å². The molecule has 2 aromatic rings. The molecule has 3 fully saturated rings. The molecule has 1 amide bonds. The molecule has 3 aliphatic heterocycles. The molecule has 0 radical (unpaired) electrons. The van der Waals surface area contributed by atoms with Crippen LogP contribution in [0.5, 0.6) is 0 Å². The summed E-state index contributed by atoms with van der Waals surface area (Å²) in [4.78, 5) is 15.4. The van der Waals surface area contributed by atoms with E-state index >= 15 is 0 Å². The summed E-state index contributed by atoms with van der Waals surface area (Å²) in [5, 5.41) is 12.6. The van der Waals surface area contributed by atoms with Crippen molar-refractivity contribution in [3.8, 4) is 17.3 Å². The second-order valence-corrected chi connectivity index (χ2v) is 7.43. The van der Waals surface area contributed by atoms with Crippen molar-refractivity contribution in [2.24, 2.45) is 13.0 Å². The Morgan fingerprint density at radius 3 is 2.62 bits per heavy atom. The van der Waals surface area contributed by atoms with Crippen LogP contribution in [0.2, 0.25) is 0 Å². The van der Waals surface area contributed by atoms with Crippen molar-refractivity contribution in [2.45, 2.75) is 31.8 Å². The number of rotatable bonds is 3. The van der Waals surface area contributed by atoms with E-state index in [1.54, 1.807) is 6.07 Å². The lowest BCUT2D eigenvalue weighted by atomic mass is 9.79. The van der Waals surface area contributed by atoms with Gasteiger partial charge in [0.25, 0.3) is 5.91 Å². The molecular formula is C21H24N4O. The summed E-state index contributed by atoms with van der Waals surface area (Å²) >= 11 is 0. The summed E-state index contributed by atoms with van der Waals surface area (Å²) < 4.78 is 1.89. The van der Waals surface area contributed by atoms with E-state index in [4.69, 9.17) is 0 Å². The minimum atomic E-state index is -0.0289. The number of benzene rings is 1. The van der Waals surface area contributed by atoms with Gasteiger partial charge in [0, 0.05) is 30.4 Å². The largest absolute Gasteiger partial charge is 0.346 e. The molecule has 134 valence electrons. The van der Waals surface area contributed by atoms with E-state index in [-0.39, 0.29) is 11.9 Å². The molecule has 0 saturated carbocycles. The first-order valence-electron chi connectivity index (χ1n) is 9.30. The Morgan fingerprint density at radius 1 is 1.19 bits per heavy atom. The molecule has 5 heteroatoms. The van der Waals surface area contributed by atoms with Crippen LogP contribution < -0.4 is 5.32 Å². The van der Waals surface area contributed by atoms with Crippen molar-refractivity contribution in [2.75, 3.05) is 13.1 Å². The van der Waals surface area contributed by atoms with Crippen LogP contribution in [0.4, 0.5) is 0 Å². The van der Waals surface area contributed by atoms with Crippen molar-refractivity contribution in [3.05, 3.63) is 47.7 Å². The number of aromatic nitrogens is 1. The van der Waals surface area contributed by atoms with Gasteiger partial charge >= 0.3 is 0 Å². The predicted molar refractivity (Wildman–Crippen MR) is 101 cm³/mol. The van der Waals surface area contributed by atoms with E-state index in [1.807, 2.05) is 41.9 Å². The molecule has 0 aliphatic carbocycles. The van der Waals surface area contributed by atoms with Crippen molar-refractivity contribution >= 4 is 5.91 Å². The molecule has 4 heterocycles. The Morgan fingerprint density at radius 2 is 1.92 bits per heavy atom. The normalized spacial score (nSPS) is 27.1. The molecule has 3 aliphatic rings. The topological polar surface area (TPSA) is 61.1 Å². The zero-order chi connectivity index (χ0) is 18.3. The molecule has 2 bridgehead atoms. The molecule has 2 atom stereocenters. The van der Waals surface area contributed by atoms with Crippen LogP contribution in [0, 0.1) is 17.2 Å². The zero-order valence-corrected chi connectivity index (χ0v) is 15.3. The highest BCUT2D eigenvalue weighted by atomic mass is 16.2. The number of amides is 1. The van der Waals surface area contributed by atoms with Crippen LogP contribution >= 0.6 is 0 Å². The third-order valence-electron chi connectivity index (χ3n) is 6.15. The summed E-state index contributed by atoms with van der Waals surface area (Å²) in [6.45, 7) is 4.52. The molecule has 3 saturated heterocycles. The maximum atomic E-state index is 12.9. The predicted octanol–water partition coefficient (Wildman–Crippen LogP) is 2.78. The van der Waals surface area contributed by atoms with E-state index in [0.29, 0.717) is 23.2 Å². The number of nitrogens with one attached hydrogen (secondary N) is 1. The van der Waals surface area contributed by atoms with Gasteiger partial charge in [0.2, 0.25) is 0 Å². The van der Waals surface area contributed by atoms with E-state index in [2.05, 4.69) is 23.2 Å². The number of carbonyl (C=O) groups excluding carboxylic acids is 1. The Bertz CT molecular complexity index is 868. The maximum Gasteiger partial charge on any atom is 0.268 e. The Labute approximate surface area is 154 Å². The van der Waals surface area contributed by atoms with Gasteiger partial charge in [-0.2, -0.15) is 5.26 Å². The summed E-state index contributed by atoms with van der Waals surface area (Å²) in [7, 11) is 1.89. The second-order valence-electron chi connectivity index (χ2n) is 7.43. The number of nitriles is 1. The number of hydrogen-bond acceptors (Lipinski definition) is 3. The Balaban J connectivity index is 1.58. The fraction of sp³-hybridized carbons (Fsp3) is 0.429. The average molecular weight is 348 g/mol. The molecular weight excluding hydrogens is 324 g/mol. The lowest BCUT2D eigenvalue weighted by molar-refractivity contribution is 0.0215. The van der Waals surface area contributed by atoms with Gasteiger partial charge in [0.15, 0.2) is 0 Å². The number of piperidine rings is 3. The molecule has 1 aromatic carbocycles. The highest BCUT2D eigenvalue weighted by Gasteiger charge is 2.40. The van der Waals surface area contributed by atoms with Gasteiger partial charge in [-0.3, -0.25) is 9.69 Å². The van der Waals surface area contributed by atoms with E-state index in [1.165, 1.54) is 12.8 Å². The standard InChI is InChI=1S/C21H24N4O/c1-14-20(15-9-11-25(14)12-10-15)23-21(26)19-8-7-18(24(19)2)17-6-4-3-5-16(17)13-22/h3-8,14-15,20H,9-12H2,1-2H3,(H,23,26)/t14-,20-/m0/s1. The van der Waals surface area contributed by atoms with Crippen molar-refractivity contribution in [3.63, 3.8) is 0 Å². The highest BCUT2D eigenvalue weighted by molar-refractivity contribution is 5.94. The van der Waals surface area contributed by atoms with Gasteiger partial charge in [-0.05, 0) is 57.0 Å². The fourth-order valence-electron chi connectivity index (χ4n) is 4.58. The Kier molecular flexibility index (Phi) is 4.29. The average Bonchev–Trinajstić information content (AvgIpc) is 3.06. The van der Waals surface area contributed by atoms with Crippen LogP contribution in [0.1, 0.15) is 35.8 Å². The van der Waals surface area contributed by atoms with E-state index < -0.39 is 0 Å². The van der Waals surface area contributed by atoms with Crippen LogP contribution in [0.25, 0.3) is 11.3 Å². The van der Waals surface area contributed by atoms with Crippen molar-refractivity contribution in [1.29, 1.82) is 5.26 Å². The van der Waals surface area contributed by atoms with Crippen LogP contribution in [-0.2, 0) is 7.05 Å². The molecule has 26 heavy (non-hydrogen) atoms. The van der Waals surface area contributed by atoms with Crippen LogP contribution in [-0.4, -0.2) is 40.5 Å². The minimum Gasteiger partial charge on any atom is -0.346 e. The molecule has 5 rings (SSSR count). The molecule has 0 unspecified atom stereocenters. The van der Waals surface area contributed by atoms with Gasteiger partial charge in [-0.25, -0.2) is 0 Å². The maximum absolute atomic E-state index is 12.9. The first-order valence-corrected chi connectivity index (χ1v) is 9.30. The third-order valence-corrected chi connectivity index (χ3v) is 6.15. The summed E-state index contributed by atoms with van der Waals surface area (Å²) in [6, 6.07) is 14.1. The fourth-order valence-corrected chi connectivity index (χ4v) is 4.58. The van der Waals surface area contributed by atoms with Gasteiger partial charge in [0.1, 0.15) is 5.69 Å². The molecule has 1 aromatic heterocycles. The van der Waals surface area contributed by atoms with Gasteiger partial charge < -0.3 is 9.88 Å².